The summed E-state index contributed by atoms with van der Waals surface area (Å²) in [5, 5.41) is 4.07. The number of fused-ring (bicyclic) bond motifs is 1. The SMILES string of the molecule is CNC(C)c1ccc(N2c3ccccc3CC2C)c(Cl)c1. The van der Waals surface area contributed by atoms with Gasteiger partial charge in [0.05, 0.1) is 10.7 Å². The minimum absolute atomic E-state index is 0.305. The van der Waals surface area contributed by atoms with E-state index in [2.05, 4.69) is 66.5 Å². The van der Waals surface area contributed by atoms with E-state index in [1.54, 1.807) is 0 Å². The van der Waals surface area contributed by atoms with Gasteiger partial charge >= 0.3 is 0 Å². The molecule has 2 aromatic carbocycles. The van der Waals surface area contributed by atoms with Gasteiger partial charge in [0, 0.05) is 17.8 Å². The van der Waals surface area contributed by atoms with Crippen LogP contribution in [-0.2, 0) is 6.42 Å². The molecule has 3 heteroatoms. The van der Waals surface area contributed by atoms with E-state index >= 15 is 0 Å². The first kappa shape index (κ1) is 14.4. The number of benzene rings is 2. The Bertz CT molecular complexity index is 653. The predicted octanol–water partition coefficient (Wildman–Crippen LogP) is 4.70. The number of anilines is 2. The molecule has 0 fully saturated rings. The van der Waals surface area contributed by atoms with Crippen LogP contribution in [0.5, 0.6) is 0 Å². The van der Waals surface area contributed by atoms with Crippen molar-refractivity contribution in [3.05, 3.63) is 58.6 Å². The van der Waals surface area contributed by atoms with Crippen LogP contribution in [0, 0.1) is 0 Å². The lowest BCUT2D eigenvalue weighted by atomic mass is 10.1. The first-order valence-electron chi connectivity index (χ1n) is 7.45. The van der Waals surface area contributed by atoms with Gasteiger partial charge in [-0.05, 0) is 56.6 Å². The predicted molar refractivity (Wildman–Crippen MR) is 90.7 cm³/mol. The molecule has 0 radical (unpaired) electrons. The molecule has 110 valence electrons. The lowest BCUT2D eigenvalue weighted by molar-refractivity contribution is 0.652. The van der Waals surface area contributed by atoms with E-state index in [4.69, 9.17) is 11.6 Å². The van der Waals surface area contributed by atoms with Gasteiger partial charge in [-0.2, -0.15) is 0 Å². The van der Waals surface area contributed by atoms with E-state index in [1.807, 2.05) is 7.05 Å². The summed E-state index contributed by atoms with van der Waals surface area (Å²) in [5.41, 5.74) is 4.99. The summed E-state index contributed by atoms with van der Waals surface area (Å²) >= 11 is 6.57. The highest BCUT2D eigenvalue weighted by Crippen LogP contribution is 2.41. The number of rotatable bonds is 3. The average Bonchev–Trinajstić information content (AvgIpc) is 2.82. The van der Waals surface area contributed by atoms with Crippen LogP contribution in [0.25, 0.3) is 0 Å². The van der Waals surface area contributed by atoms with Crippen molar-refractivity contribution in [3.8, 4) is 0 Å². The Kier molecular flexibility index (Phi) is 3.92. The van der Waals surface area contributed by atoms with E-state index in [9.17, 15) is 0 Å². The minimum atomic E-state index is 0.305. The Labute approximate surface area is 131 Å². The standard InChI is InChI=1S/C18H21ClN2/c1-12-10-15-6-4-5-7-17(15)21(12)18-9-8-14(11-16(18)19)13(2)20-3/h4-9,11-13,20H,10H2,1-3H3. The van der Waals surface area contributed by atoms with Crippen LogP contribution in [0.4, 0.5) is 11.4 Å². The zero-order chi connectivity index (χ0) is 15.0. The van der Waals surface area contributed by atoms with Gasteiger partial charge in [-0.25, -0.2) is 0 Å². The van der Waals surface area contributed by atoms with Crippen LogP contribution in [0.1, 0.15) is 31.0 Å². The highest BCUT2D eigenvalue weighted by Gasteiger charge is 2.28. The van der Waals surface area contributed by atoms with Gasteiger partial charge < -0.3 is 10.2 Å². The minimum Gasteiger partial charge on any atom is -0.337 e. The number of nitrogens with one attached hydrogen (secondary N) is 1. The zero-order valence-corrected chi connectivity index (χ0v) is 13.5. The van der Waals surface area contributed by atoms with Crippen molar-refractivity contribution >= 4 is 23.0 Å². The van der Waals surface area contributed by atoms with Crippen molar-refractivity contribution in [1.29, 1.82) is 0 Å². The lowest BCUT2D eigenvalue weighted by Gasteiger charge is -2.27. The normalized spacial score (nSPS) is 18.7. The molecule has 0 aromatic heterocycles. The molecule has 0 bridgehead atoms. The molecule has 0 saturated heterocycles. The molecular formula is C18H21ClN2. The maximum atomic E-state index is 6.57. The number of hydrogen-bond donors (Lipinski definition) is 1. The number of halogens is 1. The zero-order valence-electron chi connectivity index (χ0n) is 12.7. The number of para-hydroxylation sites is 1. The van der Waals surface area contributed by atoms with Crippen molar-refractivity contribution in [2.75, 3.05) is 11.9 Å². The van der Waals surface area contributed by atoms with Crippen LogP contribution in [0.2, 0.25) is 5.02 Å². The fourth-order valence-corrected chi connectivity index (χ4v) is 3.37. The molecule has 2 atom stereocenters. The summed E-state index contributed by atoms with van der Waals surface area (Å²) in [6.07, 6.45) is 1.07. The van der Waals surface area contributed by atoms with Crippen molar-refractivity contribution in [1.82, 2.24) is 5.32 Å². The second-order valence-corrected chi connectivity index (χ2v) is 6.18. The summed E-state index contributed by atoms with van der Waals surface area (Å²) in [6, 6.07) is 15.7. The van der Waals surface area contributed by atoms with Crippen molar-refractivity contribution < 1.29 is 0 Å². The Morgan fingerprint density at radius 2 is 1.95 bits per heavy atom. The fourth-order valence-electron chi connectivity index (χ4n) is 3.09. The van der Waals surface area contributed by atoms with Gasteiger partial charge in [-0.3, -0.25) is 0 Å². The summed E-state index contributed by atoms with van der Waals surface area (Å²) in [5.74, 6) is 0. The summed E-state index contributed by atoms with van der Waals surface area (Å²) < 4.78 is 0. The molecule has 0 spiro atoms. The third kappa shape index (κ3) is 2.54. The van der Waals surface area contributed by atoms with Gasteiger partial charge in [0.15, 0.2) is 0 Å². The molecule has 1 aliphatic rings. The molecule has 0 amide bonds. The number of nitrogens with zero attached hydrogens (tertiary/aromatic N) is 1. The topological polar surface area (TPSA) is 15.3 Å². The van der Waals surface area contributed by atoms with E-state index in [0.717, 1.165) is 17.1 Å². The van der Waals surface area contributed by atoms with Crippen molar-refractivity contribution in [2.24, 2.45) is 0 Å². The average molecular weight is 301 g/mol. The molecule has 1 N–H and O–H groups in total. The molecule has 2 nitrogen and oxygen atoms in total. The van der Waals surface area contributed by atoms with Crippen molar-refractivity contribution in [3.63, 3.8) is 0 Å². The molecule has 21 heavy (non-hydrogen) atoms. The van der Waals surface area contributed by atoms with Crippen LogP contribution in [0.3, 0.4) is 0 Å². The maximum Gasteiger partial charge on any atom is 0.0646 e. The lowest BCUT2D eigenvalue weighted by Crippen LogP contribution is -2.24. The monoisotopic (exact) mass is 300 g/mol. The molecule has 2 aromatic rings. The molecule has 0 aliphatic carbocycles. The first-order valence-corrected chi connectivity index (χ1v) is 7.83. The van der Waals surface area contributed by atoms with Gasteiger partial charge in [0.1, 0.15) is 0 Å². The molecule has 2 unspecified atom stereocenters. The fraction of sp³-hybridized carbons (Fsp3) is 0.333. The largest absolute Gasteiger partial charge is 0.337 e. The Morgan fingerprint density at radius 1 is 1.19 bits per heavy atom. The first-order chi connectivity index (χ1) is 10.1. The van der Waals surface area contributed by atoms with Gasteiger partial charge in [-0.1, -0.05) is 35.9 Å². The summed E-state index contributed by atoms with van der Waals surface area (Å²) in [7, 11) is 1.96. The van der Waals surface area contributed by atoms with Gasteiger partial charge in [-0.15, -0.1) is 0 Å². The van der Waals surface area contributed by atoms with Crippen LogP contribution in [0.15, 0.2) is 42.5 Å². The quantitative estimate of drug-likeness (QED) is 0.883. The second kappa shape index (κ2) is 5.70. The van der Waals surface area contributed by atoms with E-state index in [0.29, 0.717) is 12.1 Å². The summed E-state index contributed by atoms with van der Waals surface area (Å²) in [6.45, 7) is 4.39. The second-order valence-electron chi connectivity index (χ2n) is 5.77. The highest BCUT2D eigenvalue weighted by atomic mass is 35.5. The maximum absolute atomic E-state index is 6.57. The van der Waals surface area contributed by atoms with Gasteiger partial charge in [0.2, 0.25) is 0 Å². The molecule has 0 saturated carbocycles. The van der Waals surface area contributed by atoms with E-state index in [1.165, 1.54) is 16.8 Å². The smallest absolute Gasteiger partial charge is 0.0646 e. The van der Waals surface area contributed by atoms with E-state index < -0.39 is 0 Å². The number of hydrogen-bond acceptors (Lipinski definition) is 2. The highest BCUT2D eigenvalue weighted by molar-refractivity contribution is 6.33. The Hall–Kier alpha value is -1.51. The third-order valence-electron chi connectivity index (χ3n) is 4.37. The van der Waals surface area contributed by atoms with Crippen LogP contribution >= 0.6 is 11.6 Å². The summed E-state index contributed by atoms with van der Waals surface area (Å²) in [4.78, 5) is 2.35. The van der Waals surface area contributed by atoms with Gasteiger partial charge in [0.25, 0.3) is 0 Å². The third-order valence-corrected chi connectivity index (χ3v) is 4.67. The van der Waals surface area contributed by atoms with Crippen LogP contribution < -0.4 is 10.2 Å². The molecular weight excluding hydrogens is 280 g/mol. The van der Waals surface area contributed by atoms with Crippen LogP contribution in [-0.4, -0.2) is 13.1 Å². The Morgan fingerprint density at radius 3 is 2.67 bits per heavy atom. The van der Waals surface area contributed by atoms with E-state index in [-0.39, 0.29) is 0 Å². The van der Waals surface area contributed by atoms with Crippen molar-refractivity contribution in [2.45, 2.75) is 32.4 Å². The molecule has 1 aliphatic heterocycles. The Balaban J connectivity index is 2.01. The molecule has 3 rings (SSSR count). The molecule has 1 heterocycles.